The van der Waals surface area contributed by atoms with Crippen LogP contribution in [0.15, 0.2) is 42.2 Å². The minimum atomic E-state index is -0.00269. The van der Waals surface area contributed by atoms with Crippen molar-refractivity contribution in [2.24, 2.45) is 0 Å². The van der Waals surface area contributed by atoms with Crippen LogP contribution in [0.25, 0.3) is 0 Å². The van der Waals surface area contributed by atoms with Crippen molar-refractivity contribution in [1.29, 1.82) is 0 Å². The highest BCUT2D eigenvalue weighted by Gasteiger charge is 2.29. The third-order valence-corrected chi connectivity index (χ3v) is 3.43. The Labute approximate surface area is 122 Å². The van der Waals surface area contributed by atoms with Gasteiger partial charge in [0.05, 0.1) is 12.6 Å². The molecule has 2 unspecified atom stereocenters. The zero-order valence-electron chi connectivity index (χ0n) is 12.5. The average molecular weight is 275 g/mol. The second-order valence-electron chi connectivity index (χ2n) is 4.96. The van der Waals surface area contributed by atoms with E-state index in [1.807, 2.05) is 13.0 Å². The third-order valence-electron chi connectivity index (χ3n) is 3.43. The third kappa shape index (κ3) is 3.84. The van der Waals surface area contributed by atoms with E-state index in [0.717, 1.165) is 31.8 Å². The summed E-state index contributed by atoms with van der Waals surface area (Å²) in [5.74, 6) is 1.03. The summed E-state index contributed by atoms with van der Waals surface area (Å²) < 4.78 is 11.8. The van der Waals surface area contributed by atoms with Crippen LogP contribution in [0.4, 0.5) is 0 Å². The lowest BCUT2D eigenvalue weighted by Gasteiger charge is -2.29. The van der Waals surface area contributed by atoms with Crippen molar-refractivity contribution >= 4 is 0 Å². The van der Waals surface area contributed by atoms with Crippen LogP contribution in [0.2, 0.25) is 0 Å². The first-order chi connectivity index (χ1) is 9.86. The van der Waals surface area contributed by atoms with Crippen LogP contribution < -0.4 is 5.32 Å². The molecule has 0 aromatic heterocycles. The molecule has 1 aromatic rings. The molecule has 0 fully saturated rings. The van der Waals surface area contributed by atoms with Gasteiger partial charge in [0.1, 0.15) is 11.9 Å². The number of benzene rings is 1. The van der Waals surface area contributed by atoms with Crippen molar-refractivity contribution < 1.29 is 9.47 Å². The van der Waals surface area contributed by atoms with E-state index in [0.29, 0.717) is 6.61 Å². The average Bonchev–Trinajstić information content (AvgIpc) is 3.01. The zero-order valence-corrected chi connectivity index (χ0v) is 12.5. The molecule has 1 aliphatic heterocycles. The van der Waals surface area contributed by atoms with Gasteiger partial charge in [0.25, 0.3) is 0 Å². The number of ether oxygens (including phenoxy) is 2. The summed E-state index contributed by atoms with van der Waals surface area (Å²) >= 11 is 0. The van der Waals surface area contributed by atoms with Gasteiger partial charge in [0, 0.05) is 13.0 Å². The van der Waals surface area contributed by atoms with Crippen molar-refractivity contribution in [2.45, 2.75) is 38.8 Å². The Hall–Kier alpha value is -1.32. The Kier molecular flexibility index (Phi) is 6.09. The molecule has 0 saturated carbocycles. The Bertz CT molecular complexity index is 416. The van der Waals surface area contributed by atoms with Crippen LogP contribution in [-0.2, 0) is 9.47 Å². The lowest BCUT2D eigenvalue weighted by molar-refractivity contribution is 0.0272. The minimum Gasteiger partial charge on any atom is -0.496 e. The highest BCUT2D eigenvalue weighted by atomic mass is 16.5. The Morgan fingerprint density at radius 3 is 2.65 bits per heavy atom. The van der Waals surface area contributed by atoms with Gasteiger partial charge in [-0.3, -0.25) is 0 Å². The number of rotatable bonds is 8. The summed E-state index contributed by atoms with van der Waals surface area (Å²) in [6, 6.07) is 10.5. The van der Waals surface area contributed by atoms with E-state index in [2.05, 4.69) is 42.6 Å². The summed E-state index contributed by atoms with van der Waals surface area (Å²) in [7, 11) is 0. The lowest BCUT2D eigenvalue weighted by Crippen LogP contribution is -2.38. The molecule has 0 amide bonds. The molecule has 3 heteroatoms. The van der Waals surface area contributed by atoms with Crippen molar-refractivity contribution in [3.05, 3.63) is 47.7 Å². The molecule has 0 aliphatic carbocycles. The van der Waals surface area contributed by atoms with Crippen LogP contribution in [0.3, 0.4) is 0 Å². The van der Waals surface area contributed by atoms with Crippen LogP contribution in [0.5, 0.6) is 0 Å². The fraction of sp³-hybridized carbons (Fsp3) is 0.529. The Balaban J connectivity index is 2.21. The summed E-state index contributed by atoms with van der Waals surface area (Å²) in [5, 5.41) is 3.58. The van der Waals surface area contributed by atoms with Crippen LogP contribution in [0.1, 0.15) is 38.4 Å². The van der Waals surface area contributed by atoms with Gasteiger partial charge < -0.3 is 14.8 Å². The second-order valence-corrected chi connectivity index (χ2v) is 4.96. The number of hydrogen-bond donors (Lipinski definition) is 1. The van der Waals surface area contributed by atoms with Crippen molar-refractivity contribution in [3.63, 3.8) is 0 Å². The van der Waals surface area contributed by atoms with E-state index in [4.69, 9.17) is 9.47 Å². The monoisotopic (exact) mass is 275 g/mol. The fourth-order valence-electron chi connectivity index (χ4n) is 2.52. The first-order valence-electron chi connectivity index (χ1n) is 7.59. The lowest BCUT2D eigenvalue weighted by atomic mass is 10.00. The molecule has 1 N–H and O–H groups in total. The fourth-order valence-corrected chi connectivity index (χ4v) is 2.52. The van der Waals surface area contributed by atoms with E-state index in [1.54, 1.807) is 0 Å². The topological polar surface area (TPSA) is 30.5 Å². The Morgan fingerprint density at radius 1 is 1.25 bits per heavy atom. The standard InChI is InChI=1S/C17H25NO2/c1-3-12-18-16(15-11-8-13-20-15)17(19-4-2)14-9-6-5-7-10-14/h5-7,9-11,16-18H,3-4,8,12-13H2,1-2H3. The summed E-state index contributed by atoms with van der Waals surface area (Å²) in [6.07, 6.45) is 4.27. The molecule has 0 spiro atoms. The first-order valence-corrected chi connectivity index (χ1v) is 7.59. The molecule has 0 radical (unpaired) electrons. The van der Waals surface area contributed by atoms with E-state index in [1.165, 1.54) is 5.56 Å². The van der Waals surface area contributed by atoms with Gasteiger partial charge >= 0.3 is 0 Å². The molecule has 1 heterocycles. The van der Waals surface area contributed by atoms with Crippen LogP contribution >= 0.6 is 0 Å². The normalized spacial score (nSPS) is 17.4. The van der Waals surface area contributed by atoms with Gasteiger partial charge in [0.2, 0.25) is 0 Å². The van der Waals surface area contributed by atoms with E-state index in [-0.39, 0.29) is 12.1 Å². The molecule has 3 nitrogen and oxygen atoms in total. The van der Waals surface area contributed by atoms with E-state index < -0.39 is 0 Å². The van der Waals surface area contributed by atoms with Crippen LogP contribution in [0, 0.1) is 0 Å². The molecule has 2 rings (SSSR count). The number of hydrogen-bond acceptors (Lipinski definition) is 3. The van der Waals surface area contributed by atoms with Crippen molar-refractivity contribution in [3.8, 4) is 0 Å². The molecule has 0 saturated heterocycles. The number of nitrogens with one attached hydrogen (secondary N) is 1. The molecule has 1 aliphatic rings. The highest BCUT2D eigenvalue weighted by Crippen LogP contribution is 2.28. The maximum atomic E-state index is 6.02. The highest BCUT2D eigenvalue weighted by molar-refractivity contribution is 5.23. The maximum absolute atomic E-state index is 6.02. The second kappa shape index (κ2) is 8.08. The SMILES string of the molecule is CCCNC(C1=CCCO1)C(OCC)c1ccccc1. The maximum Gasteiger partial charge on any atom is 0.112 e. The van der Waals surface area contributed by atoms with Gasteiger partial charge in [-0.2, -0.15) is 0 Å². The first kappa shape index (κ1) is 15.1. The Morgan fingerprint density at radius 2 is 2.05 bits per heavy atom. The molecule has 2 atom stereocenters. The van der Waals surface area contributed by atoms with Gasteiger partial charge in [-0.15, -0.1) is 0 Å². The smallest absolute Gasteiger partial charge is 0.112 e. The zero-order chi connectivity index (χ0) is 14.2. The van der Waals surface area contributed by atoms with Gasteiger partial charge in [0.15, 0.2) is 0 Å². The molecular weight excluding hydrogens is 250 g/mol. The summed E-state index contributed by atoms with van der Waals surface area (Å²) in [4.78, 5) is 0. The summed E-state index contributed by atoms with van der Waals surface area (Å²) in [5.41, 5.74) is 1.19. The van der Waals surface area contributed by atoms with Crippen LogP contribution in [-0.4, -0.2) is 25.8 Å². The van der Waals surface area contributed by atoms with Crippen molar-refractivity contribution in [1.82, 2.24) is 5.32 Å². The molecule has 110 valence electrons. The molecule has 0 bridgehead atoms. The van der Waals surface area contributed by atoms with Crippen molar-refractivity contribution in [2.75, 3.05) is 19.8 Å². The van der Waals surface area contributed by atoms with Gasteiger partial charge in [-0.05, 0) is 31.5 Å². The molecule has 1 aromatic carbocycles. The van der Waals surface area contributed by atoms with E-state index in [9.17, 15) is 0 Å². The quantitative estimate of drug-likeness (QED) is 0.788. The predicted octanol–water partition coefficient (Wildman–Crippen LogP) is 3.44. The van der Waals surface area contributed by atoms with Gasteiger partial charge in [-0.1, -0.05) is 37.3 Å². The molecular formula is C17H25NO2. The van der Waals surface area contributed by atoms with Gasteiger partial charge in [-0.25, -0.2) is 0 Å². The largest absolute Gasteiger partial charge is 0.496 e. The summed E-state index contributed by atoms with van der Waals surface area (Å²) in [6.45, 7) is 6.65. The predicted molar refractivity (Wildman–Crippen MR) is 81.5 cm³/mol. The van der Waals surface area contributed by atoms with E-state index >= 15 is 0 Å². The minimum absolute atomic E-state index is 0.00269. The molecule has 20 heavy (non-hydrogen) atoms.